The Bertz CT molecular complexity index is 487. The maximum atomic E-state index is 10.4. The lowest BCUT2D eigenvalue weighted by atomic mass is 9.63. The van der Waals surface area contributed by atoms with E-state index in [1.54, 1.807) is 12.1 Å². The molecular weight excluding hydrogens is 228 g/mol. The van der Waals surface area contributed by atoms with Crippen LogP contribution in [0.1, 0.15) is 51.7 Å². The summed E-state index contributed by atoms with van der Waals surface area (Å²) in [6, 6.07) is 3.55. The number of rotatable bonds is 2. The maximum absolute atomic E-state index is 10.4. The molecule has 1 aliphatic rings. The lowest BCUT2D eigenvalue weighted by Gasteiger charge is -2.41. The van der Waals surface area contributed by atoms with Crippen LogP contribution in [0.5, 0.6) is 11.5 Å². The number of hydrogen-bond donors (Lipinski definition) is 1. The van der Waals surface area contributed by atoms with E-state index in [9.17, 15) is 9.90 Å². The Balaban J connectivity index is 2.64. The standard InChI is InChI=1S/C15H20O3/c1-14(2)5-6-15(3,4)11-8-13(18-9-16)12(17)7-10(11)14/h7-9,17H,5-6H2,1-4H3. The molecule has 0 aliphatic heterocycles. The molecule has 1 aromatic rings. The Hall–Kier alpha value is -1.51. The van der Waals surface area contributed by atoms with Gasteiger partial charge in [0.25, 0.3) is 6.47 Å². The third-order valence-corrected chi connectivity index (χ3v) is 4.11. The first-order chi connectivity index (χ1) is 8.28. The van der Waals surface area contributed by atoms with E-state index >= 15 is 0 Å². The molecule has 0 fully saturated rings. The van der Waals surface area contributed by atoms with Gasteiger partial charge < -0.3 is 9.84 Å². The molecule has 0 atom stereocenters. The topological polar surface area (TPSA) is 46.5 Å². The van der Waals surface area contributed by atoms with Crippen molar-refractivity contribution >= 4 is 6.47 Å². The second-order valence-electron chi connectivity index (χ2n) is 6.35. The fourth-order valence-corrected chi connectivity index (χ4v) is 2.73. The van der Waals surface area contributed by atoms with Crippen molar-refractivity contribution in [2.75, 3.05) is 0 Å². The van der Waals surface area contributed by atoms with E-state index in [0.29, 0.717) is 6.47 Å². The van der Waals surface area contributed by atoms with Crippen LogP contribution in [0.3, 0.4) is 0 Å². The number of carbonyl (C=O) groups excluding carboxylic acids is 1. The lowest BCUT2D eigenvalue weighted by Crippen LogP contribution is -2.33. The number of hydrogen-bond acceptors (Lipinski definition) is 3. The Kier molecular flexibility index (Phi) is 2.88. The Morgan fingerprint density at radius 1 is 1.11 bits per heavy atom. The molecule has 3 nitrogen and oxygen atoms in total. The fourth-order valence-electron chi connectivity index (χ4n) is 2.73. The van der Waals surface area contributed by atoms with Crippen molar-refractivity contribution in [2.45, 2.75) is 51.4 Å². The van der Waals surface area contributed by atoms with Crippen molar-refractivity contribution in [2.24, 2.45) is 0 Å². The predicted molar refractivity (Wildman–Crippen MR) is 70.1 cm³/mol. The van der Waals surface area contributed by atoms with E-state index < -0.39 is 0 Å². The highest BCUT2D eigenvalue weighted by atomic mass is 16.5. The number of ether oxygens (including phenoxy) is 1. The predicted octanol–water partition coefficient (Wildman–Crippen LogP) is 3.28. The van der Waals surface area contributed by atoms with Crippen LogP contribution in [-0.4, -0.2) is 11.6 Å². The minimum atomic E-state index is 0.0339. The average molecular weight is 248 g/mol. The van der Waals surface area contributed by atoms with Crippen molar-refractivity contribution in [3.8, 4) is 11.5 Å². The highest BCUT2D eigenvalue weighted by Crippen LogP contribution is 2.48. The molecule has 1 aliphatic carbocycles. The van der Waals surface area contributed by atoms with E-state index in [-0.39, 0.29) is 22.3 Å². The van der Waals surface area contributed by atoms with Crippen molar-refractivity contribution < 1.29 is 14.6 Å². The normalized spacial score (nSPS) is 20.0. The molecule has 0 unspecified atom stereocenters. The van der Waals surface area contributed by atoms with Crippen LogP contribution in [0.2, 0.25) is 0 Å². The first-order valence-electron chi connectivity index (χ1n) is 6.26. The Labute approximate surface area is 108 Å². The minimum absolute atomic E-state index is 0.0339. The van der Waals surface area contributed by atoms with Crippen molar-refractivity contribution in [3.05, 3.63) is 23.3 Å². The van der Waals surface area contributed by atoms with E-state index in [4.69, 9.17) is 4.74 Å². The number of carbonyl (C=O) groups is 1. The summed E-state index contributed by atoms with van der Waals surface area (Å²) in [5.41, 5.74) is 2.39. The third-order valence-electron chi connectivity index (χ3n) is 4.11. The van der Waals surface area contributed by atoms with Gasteiger partial charge in [0.1, 0.15) is 0 Å². The zero-order valence-electron chi connectivity index (χ0n) is 11.4. The molecule has 0 radical (unpaired) electrons. The third kappa shape index (κ3) is 1.98. The van der Waals surface area contributed by atoms with Crippen LogP contribution < -0.4 is 4.74 Å². The van der Waals surface area contributed by atoms with Crippen LogP contribution >= 0.6 is 0 Å². The van der Waals surface area contributed by atoms with Crippen molar-refractivity contribution in [1.82, 2.24) is 0 Å². The van der Waals surface area contributed by atoms with Crippen LogP contribution in [0, 0.1) is 0 Å². The van der Waals surface area contributed by atoms with Gasteiger partial charge in [-0.2, -0.15) is 0 Å². The molecule has 0 bridgehead atoms. The number of benzene rings is 1. The average Bonchev–Trinajstić information content (AvgIpc) is 2.27. The van der Waals surface area contributed by atoms with E-state index in [1.807, 2.05) is 0 Å². The minimum Gasteiger partial charge on any atom is -0.504 e. The summed E-state index contributed by atoms with van der Waals surface area (Å²) in [6.45, 7) is 9.08. The molecular formula is C15H20O3. The molecule has 0 heterocycles. The van der Waals surface area contributed by atoms with Gasteiger partial charge in [-0.3, -0.25) is 4.79 Å². The lowest BCUT2D eigenvalue weighted by molar-refractivity contribution is -0.120. The molecule has 0 amide bonds. The molecule has 2 rings (SSSR count). The van der Waals surface area contributed by atoms with Crippen LogP contribution in [0.4, 0.5) is 0 Å². The van der Waals surface area contributed by atoms with Gasteiger partial charge in [-0.15, -0.1) is 0 Å². The van der Waals surface area contributed by atoms with E-state index in [1.165, 1.54) is 0 Å². The first kappa shape index (κ1) is 12.9. The number of phenols is 1. The maximum Gasteiger partial charge on any atom is 0.298 e. The van der Waals surface area contributed by atoms with Gasteiger partial charge in [0, 0.05) is 0 Å². The molecule has 18 heavy (non-hydrogen) atoms. The fraction of sp³-hybridized carbons (Fsp3) is 0.533. The molecule has 0 saturated heterocycles. The van der Waals surface area contributed by atoms with Crippen molar-refractivity contribution in [3.63, 3.8) is 0 Å². The highest BCUT2D eigenvalue weighted by Gasteiger charge is 2.37. The molecule has 0 spiro atoms. The summed E-state index contributed by atoms with van der Waals surface area (Å²) < 4.78 is 4.83. The zero-order valence-corrected chi connectivity index (χ0v) is 11.4. The van der Waals surface area contributed by atoms with Gasteiger partial charge in [-0.1, -0.05) is 27.7 Å². The molecule has 1 N–H and O–H groups in total. The Morgan fingerprint density at radius 3 is 2.11 bits per heavy atom. The summed E-state index contributed by atoms with van der Waals surface area (Å²) in [4.78, 5) is 10.4. The molecule has 3 heteroatoms. The van der Waals surface area contributed by atoms with Gasteiger partial charge in [-0.25, -0.2) is 0 Å². The summed E-state index contributed by atoms with van der Waals surface area (Å²) in [7, 11) is 0. The highest BCUT2D eigenvalue weighted by molar-refractivity contribution is 5.56. The summed E-state index contributed by atoms with van der Waals surface area (Å²) in [6.07, 6.45) is 2.17. The second kappa shape index (κ2) is 4.01. The smallest absolute Gasteiger partial charge is 0.298 e. The largest absolute Gasteiger partial charge is 0.504 e. The number of fused-ring (bicyclic) bond motifs is 1. The van der Waals surface area contributed by atoms with Gasteiger partial charge >= 0.3 is 0 Å². The summed E-state index contributed by atoms with van der Waals surface area (Å²) in [5.74, 6) is 0.279. The van der Waals surface area contributed by atoms with Crippen LogP contribution in [0.15, 0.2) is 12.1 Å². The monoisotopic (exact) mass is 248 g/mol. The number of phenolic OH excluding ortho intramolecular Hbond substituents is 1. The molecule has 1 aromatic carbocycles. The number of aromatic hydroxyl groups is 1. The molecule has 0 saturated carbocycles. The van der Waals surface area contributed by atoms with E-state index in [2.05, 4.69) is 27.7 Å². The molecule has 98 valence electrons. The zero-order chi connectivity index (χ0) is 13.6. The quantitative estimate of drug-likeness (QED) is 0.817. The SMILES string of the molecule is CC1(C)CCC(C)(C)c2cc(OC=O)c(O)cc21. The van der Waals surface area contributed by atoms with Crippen LogP contribution in [0.25, 0.3) is 0 Å². The van der Waals surface area contributed by atoms with Gasteiger partial charge in [0.15, 0.2) is 11.5 Å². The summed E-state index contributed by atoms with van der Waals surface area (Å²) in [5, 5.41) is 9.92. The molecule has 0 aromatic heterocycles. The van der Waals surface area contributed by atoms with Gasteiger partial charge in [0.05, 0.1) is 0 Å². The first-order valence-corrected chi connectivity index (χ1v) is 6.26. The Morgan fingerprint density at radius 2 is 1.61 bits per heavy atom. The second-order valence-corrected chi connectivity index (χ2v) is 6.35. The summed E-state index contributed by atoms with van der Waals surface area (Å²) >= 11 is 0. The van der Waals surface area contributed by atoms with E-state index in [0.717, 1.165) is 24.0 Å². The van der Waals surface area contributed by atoms with Crippen molar-refractivity contribution in [1.29, 1.82) is 0 Å². The van der Waals surface area contributed by atoms with Crippen LogP contribution in [-0.2, 0) is 15.6 Å². The van der Waals surface area contributed by atoms with Gasteiger partial charge in [-0.05, 0) is 46.9 Å². The van der Waals surface area contributed by atoms with Gasteiger partial charge in [0.2, 0.25) is 0 Å².